The first-order valence-electron chi connectivity index (χ1n) is 6.45. The van der Waals surface area contributed by atoms with Crippen LogP contribution in [0.3, 0.4) is 0 Å². The highest BCUT2D eigenvalue weighted by atomic mass is 19.1. The van der Waals surface area contributed by atoms with Crippen LogP contribution in [0.1, 0.15) is 23.7 Å². The van der Waals surface area contributed by atoms with Gasteiger partial charge >= 0.3 is 0 Å². The number of hydrogen-bond donors (Lipinski definition) is 2. The molecule has 0 bridgehead atoms. The average molecular weight is 261 g/mol. The van der Waals surface area contributed by atoms with E-state index >= 15 is 0 Å². The van der Waals surface area contributed by atoms with Crippen LogP contribution >= 0.6 is 0 Å². The third kappa shape index (κ3) is 2.76. The van der Waals surface area contributed by atoms with Crippen molar-refractivity contribution in [3.8, 4) is 5.75 Å². The SMILES string of the molecule is Fc1ccccc1OCc1cc(C2CCNC2)n[nH]1. The van der Waals surface area contributed by atoms with Crippen molar-refractivity contribution >= 4 is 0 Å². The zero-order valence-electron chi connectivity index (χ0n) is 10.5. The van der Waals surface area contributed by atoms with E-state index in [1.807, 2.05) is 6.07 Å². The maximum Gasteiger partial charge on any atom is 0.165 e. The number of rotatable bonds is 4. The Bertz CT molecular complexity index is 549. The van der Waals surface area contributed by atoms with Gasteiger partial charge in [-0.2, -0.15) is 5.10 Å². The van der Waals surface area contributed by atoms with Gasteiger partial charge in [-0.05, 0) is 31.2 Å². The van der Waals surface area contributed by atoms with Crippen LogP contribution in [0.25, 0.3) is 0 Å². The molecule has 2 heterocycles. The monoisotopic (exact) mass is 261 g/mol. The van der Waals surface area contributed by atoms with E-state index in [1.54, 1.807) is 18.2 Å². The first-order chi connectivity index (χ1) is 9.33. The summed E-state index contributed by atoms with van der Waals surface area (Å²) in [5.41, 5.74) is 1.92. The second-order valence-electron chi connectivity index (χ2n) is 4.73. The van der Waals surface area contributed by atoms with Gasteiger partial charge in [0.05, 0.1) is 11.4 Å². The summed E-state index contributed by atoms with van der Waals surface area (Å²) in [7, 11) is 0. The normalized spacial score (nSPS) is 18.7. The van der Waals surface area contributed by atoms with E-state index in [0.29, 0.717) is 12.5 Å². The van der Waals surface area contributed by atoms with Crippen molar-refractivity contribution in [3.05, 3.63) is 47.5 Å². The van der Waals surface area contributed by atoms with E-state index in [4.69, 9.17) is 4.74 Å². The van der Waals surface area contributed by atoms with Gasteiger partial charge in [0, 0.05) is 12.5 Å². The summed E-state index contributed by atoms with van der Waals surface area (Å²) in [5.74, 6) is 0.391. The van der Waals surface area contributed by atoms with Crippen molar-refractivity contribution in [2.45, 2.75) is 18.9 Å². The molecule has 19 heavy (non-hydrogen) atoms. The summed E-state index contributed by atoms with van der Waals surface area (Å²) in [6.07, 6.45) is 1.11. The van der Waals surface area contributed by atoms with Crippen LogP contribution < -0.4 is 10.1 Å². The second-order valence-corrected chi connectivity index (χ2v) is 4.73. The molecule has 0 amide bonds. The maximum absolute atomic E-state index is 13.4. The van der Waals surface area contributed by atoms with Crippen molar-refractivity contribution in [1.29, 1.82) is 0 Å². The van der Waals surface area contributed by atoms with E-state index in [-0.39, 0.29) is 11.6 Å². The number of aromatic amines is 1. The highest BCUT2D eigenvalue weighted by Crippen LogP contribution is 2.22. The van der Waals surface area contributed by atoms with Crippen molar-refractivity contribution in [3.63, 3.8) is 0 Å². The molecule has 1 aliphatic rings. The average Bonchev–Trinajstić information content (AvgIpc) is 3.09. The molecule has 1 aliphatic heterocycles. The molecule has 1 aromatic heterocycles. The molecule has 2 aromatic rings. The summed E-state index contributed by atoms with van der Waals surface area (Å²) >= 11 is 0. The van der Waals surface area contributed by atoms with E-state index in [9.17, 15) is 4.39 Å². The van der Waals surface area contributed by atoms with Crippen LogP contribution in [-0.2, 0) is 6.61 Å². The van der Waals surface area contributed by atoms with Crippen LogP contribution in [0.15, 0.2) is 30.3 Å². The van der Waals surface area contributed by atoms with Crippen LogP contribution in [0, 0.1) is 5.82 Å². The quantitative estimate of drug-likeness (QED) is 0.887. The number of benzene rings is 1. The Labute approximate surface area is 111 Å². The standard InChI is InChI=1S/C14H16FN3O/c15-12-3-1-2-4-14(12)19-9-11-7-13(18-17-11)10-5-6-16-8-10/h1-4,7,10,16H,5-6,8-9H2,(H,17,18). The smallest absolute Gasteiger partial charge is 0.165 e. The first-order valence-corrected chi connectivity index (χ1v) is 6.45. The second kappa shape index (κ2) is 5.40. The molecular weight excluding hydrogens is 245 g/mol. The molecule has 0 spiro atoms. The minimum Gasteiger partial charge on any atom is -0.484 e. The molecule has 1 unspecified atom stereocenters. The third-order valence-corrected chi connectivity index (χ3v) is 3.35. The first kappa shape index (κ1) is 12.2. The van der Waals surface area contributed by atoms with Crippen LogP contribution in [0.5, 0.6) is 5.75 Å². The summed E-state index contributed by atoms with van der Waals surface area (Å²) in [6.45, 7) is 2.31. The zero-order valence-corrected chi connectivity index (χ0v) is 10.5. The number of para-hydroxylation sites is 1. The van der Waals surface area contributed by atoms with Gasteiger partial charge < -0.3 is 10.1 Å². The number of hydrogen-bond acceptors (Lipinski definition) is 3. The Balaban J connectivity index is 1.63. The minimum atomic E-state index is -0.345. The van der Waals surface area contributed by atoms with Crippen molar-refractivity contribution in [2.75, 3.05) is 13.1 Å². The molecular formula is C14H16FN3O. The third-order valence-electron chi connectivity index (χ3n) is 3.35. The topological polar surface area (TPSA) is 49.9 Å². The summed E-state index contributed by atoms with van der Waals surface area (Å²) in [6, 6.07) is 8.40. The molecule has 3 rings (SSSR count). The Hall–Kier alpha value is -1.88. The molecule has 1 aromatic carbocycles. The molecule has 1 atom stereocenters. The minimum absolute atomic E-state index is 0.265. The summed E-state index contributed by atoms with van der Waals surface area (Å²) in [5, 5.41) is 10.6. The lowest BCUT2D eigenvalue weighted by Crippen LogP contribution is -2.08. The van der Waals surface area contributed by atoms with Gasteiger partial charge in [-0.15, -0.1) is 0 Å². The van der Waals surface area contributed by atoms with Crippen LogP contribution in [0.4, 0.5) is 4.39 Å². The lowest BCUT2D eigenvalue weighted by molar-refractivity contribution is 0.286. The van der Waals surface area contributed by atoms with Crippen molar-refractivity contribution < 1.29 is 9.13 Å². The summed E-state index contributed by atoms with van der Waals surface area (Å²) in [4.78, 5) is 0. The molecule has 0 saturated carbocycles. The molecule has 2 N–H and O–H groups in total. The lowest BCUT2D eigenvalue weighted by Gasteiger charge is -2.05. The van der Waals surface area contributed by atoms with Crippen LogP contribution in [-0.4, -0.2) is 23.3 Å². The Kier molecular flexibility index (Phi) is 3.46. The van der Waals surface area contributed by atoms with E-state index in [1.165, 1.54) is 6.07 Å². The maximum atomic E-state index is 13.4. The Morgan fingerprint density at radius 3 is 3.05 bits per heavy atom. The van der Waals surface area contributed by atoms with Gasteiger partial charge in [0.25, 0.3) is 0 Å². The summed E-state index contributed by atoms with van der Waals surface area (Å²) < 4.78 is 18.8. The fraction of sp³-hybridized carbons (Fsp3) is 0.357. The highest BCUT2D eigenvalue weighted by molar-refractivity contribution is 5.24. The molecule has 100 valence electrons. The molecule has 4 nitrogen and oxygen atoms in total. The number of nitrogens with zero attached hydrogens (tertiary/aromatic N) is 1. The number of ether oxygens (including phenoxy) is 1. The molecule has 5 heteroatoms. The van der Waals surface area contributed by atoms with Gasteiger partial charge in [-0.25, -0.2) is 4.39 Å². The zero-order chi connectivity index (χ0) is 13.1. The van der Waals surface area contributed by atoms with Crippen molar-refractivity contribution in [2.24, 2.45) is 0 Å². The number of H-pyrrole nitrogens is 1. The van der Waals surface area contributed by atoms with Gasteiger partial charge in [0.1, 0.15) is 6.61 Å². The fourth-order valence-electron chi connectivity index (χ4n) is 2.29. The Morgan fingerprint density at radius 1 is 1.37 bits per heavy atom. The van der Waals surface area contributed by atoms with Gasteiger partial charge in [0.2, 0.25) is 0 Å². The van der Waals surface area contributed by atoms with Crippen LogP contribution in [0.2, 0.25) is 0 Å². The predicted octanol–water partition coefficient (Wildman–Crippen LogP) is 2.20. The van der Waals surface area contributed by atoms with Crippen molar-refractivity contribution in [1.82, 2.24) is 15.5 Å². The Morgan fingerprint density at radius 2 is 2.26 bits per heavy atom. The van der Waals surface area contributed by atoms with E-state index in [2.05, 4.69) is 15.5 Å². The van der Waals surface area contributed by atoms with E-state index < -0.39 is 0 Å². The molecule has 0 aliphatic carbocycles. The number of aromatic nitrogens is 2. The van der Waals surface area contributed by atoms with E-state index in [0.717, 1.165) is 30.9 Å². The highest BCUT2D eigenvalue weighted by Gasteiger charge is 2.19. The van der Waals surface area contributed by atoms with Gasteiger partial charge in [0.15, 0.2) is 11.6 Å². The van der Waals surface area contributed by atoms with Gasteiger partial charge in [-0.3, -0.25) is 5.10 Å². The largest absolute Gasteiger partial charge is 0.484 e. The number of nitrogens with one attached hydrogen (secondary N) is 2. The molecule has 1 fully saturated rings. The number of halogens is 1. The molecule has 0 radical (unpaired) electrons. The fourth-order valence-corrected chi connectivity index (χ4v) is 2.29. The molecule has 1 saturated heterocycles. The lowest BCUT2D eigenvalue weighted by atomic mass is 10.1. The predicted molar refractivity (Wildman–Crippen MR) is 69.5 cm³/mol. The van der Waals surface area contributed by atoms with Gasteiger partial charge in [-0.1, -0.05) is 12.1 Å².